The van der Waals surface area contributed by atoms with E-state index in [0.717, 1.165) is 33.8 Å². The van der Waals surface area contributed by atoms with Crippen LogP contribution in [-0.4, -0.2) is 38.1 Å². The fourth-order valence-electron chi connectivity index (χ4n) is 6.77. The molecule has 0 saturated heterocycles. The number of aromatic nitrogens is 3. The van der Waals surface area contributed by atoms with E-state index in [9.17, 15) is 0 Å². The average molecular weight is 573 g/mol. The lowest BCUT2D eigenvalue weighted by atomic mass is 9.42. The molecule has 0 bridgehead atoms. The quantitative estimate of drug-likeness (QED) is 0.169. The molecule has 0 spiro atoms. The second kappa shape index (κ2) is 10.7. The molecule has 6 heteroatoms. The maximum atomic E-state index is 5.10. The third-order valence-electron chi connectivity index (χ3n) is 8.69. The molecule has 0 amide bonds. The minimum Gasteiger partial charge on any atom is -0.298 e. The summed E-state index contributed by atoms with van der Waals surface area (Å²) >= 11 is 0. The smallest absolute Gasteiger partial charge is 0.0994 e. The van der Waals surface area contributed by atoms with Crippen molar-refractivity contribution in [3.05, 3.63) is 152 Å². The largest absolute Gasteiger partial charge is 0.298 e. The number of rotatable bonds is 5. The lowest BCUT2D eigenvalue weighted by molar-refractivity contribution is 0.930. The first-order chi connectivity index (χ1) is 22.0. The van der Waals surface area contributed by atoms with Crippen molar-refractivity contribution in [1.29, 1.82) is 0 Å². The van der Waals surface area contributed by atoms with Crippen LogP contribution in [-0.2, 0) is 5.11 Å². The van der Waals surface area contributed by atoms with Gasteiger partial charge in [0, 0.05) is 17.4 Å². The van der Waals surface area contributed by atoms with E-state index in [-0.39, 0.29) is 5.11 Å². The summed E-state index contributed by atoms with van der Waals surface area (Å²) in [5.41, 5.74) is 10.2. The molecule has 210 valence electrons. The van der Waals surface area contributed by atoms with Gasteiger partial charge in [0.1, 0.15) is 0 Å². The lowest BCUT2D eigenvalue weighted by Gasteiger charge is -2.22. The Bertz CT molecular complexity index is 2320. The van der Waals surface area contributed by atoms with E-state index in [1.54, 1.807) is 0 Å². The Labute approximate surface area is 265 Å². The third kappa shape index (κ3) is 4.57. The standard InChI is InChI=1S/C39H30B3N3/c40-39(41,42)38-44-34-21-7-8-22-35(34)45(38)26-13-11-12-25(24-26)36-29-16-3-5-18-31(29)37(32-19-6-4-17-30(32)36)28-15-2-1-14-27(28)33-20-9-10-23-43-33/h1-24H,40-42H2. The molecular formula is C39H30B3N3. The Kier molecular flexibility index (Phi) is 6.46. The molecule has 0 N–H and O–H groups in total. The number of nitrogens with zero attached hydrogens (tertiary/aromatic N) is 3. The molecule has 2 heterocycles. The monoisotopic (exact) mass is 573 g/mol. The zero-order valence-corrected chi connectivity index (χ0v) is 25.7. The predicted molar refractivity (Wildman–Crippen MR) is 197 cm³/mol. The van der Waals surface area contributed by atoms with Crippen LogP contribution in [0.15, 0.2) is 146 Å². The van der Waals surface area contributed by atoms with Gasteiger partial charge in [0.2, 0.25) is 0 Å². The van der Waals surface area contributed by atoms with Crippen LogP contribution in [0.25, 0.3) is 71.8 Å². The minimum absolute atomic E-state index is 0.128. The average Bonchev–Trinajstić information content (AvgIpc) is 3.48. The molecule has 3 nitrogen and oxygen atoms in total. The summed E-state index contributed by atoms with van der Waals surface area (Å²) in [7, 11) is 6.70. The summed E-state index contributed by atoms with van der Waals surface area (Å²) in [6.07, 6.45) is 1.87. The number of benzene rings is 6. The van der Waals surface area contributed by atoms with Crippen molar-refractivity contribution < 1.29 is 0 Å². The van der Waals surface area contributed by atoms with Crippen LogP contribution < -0.4 is 0 Å². The van der Waals surface area contributed by atoms with Crippen LogP contribution in [0.1, 0.15) is 5.82 Å². The van der Waals surface area contributed by atoms with Crippen molar-refractivity contribution in [2.45, 2.75) is 5.11 Å². The summed E-state index contributed by atoms with van der Waals surface area (Å²) in [6.45, 7) is 0. The minimum atomic E-state index is -0.128. The number of hydrogen-bond donors (Lipinski definition) is 0. The molecule has 0 aliphatic heterocycles. The van der Waals surface area contributed by atoms with Crippen LogP contribution in [0.2, 0.25) is 0 Å². The highest BCUT2D eigenvalue weighted by atomic mass is 15.1. The van der Waals surface area contributed by atoms with Gasteiger partial charge in [-0.25, -0.2) is 4.98 Å². The first-order valence-electron chi connectivity index (χ1n) is 15.5. The Morgan fingerprint density at radius 3 is 1.80 bits per heavy atom. The molecule has 0 saturated carbocycles. The summed E-state index contributed by atoms with van der Waals surface area (Å²) in [4.78, 5) is 9.83. The molecule has 0 radical (unpaired) electrons. The number of imidazole rings is 1. The molecule has 8 aromatic rings. The van der Waals surface area contributed by atoms with Crippen molar-refractivity contribution in [2.24, 2.45) is 0 Å². The van der Waals surface area contributed by atoms with Gasteiger partial charge < -0.3 is 0 Å². The van der Waals surface area contributed by atoms with Crippen LogP contribution in [0.4, 0.5) is 0 Å². The molecule has 0 aliphatic carbocycles. The predicted octanol–water partition coefficient (Wildman–Crippen LogP) is 6.74. The second-order valence-electron chi connectivity index (χ2n) is 12.7. The van der Waals surface area contributed by atoms with E-state index in [4.69, 9.17) is 9.97 Å². The van der Waals surface area contributed by atoms with E-state index in [1.807, 2.05) is 12.3 Å². The Morgan fingerprint density at radius 1 is 0.533 bits per heavy atom. The van der Waals surface area contributed by atoms with Crippen LogP contribution in [0.5, 0.6) is 0 Å². The summed E-state index contributed by atoms with van der Waals surface area (Å²) in [5.74, 6) is 1.05. The fourth-order valence-corrected chi connectivity index (χ4v) is 6.77. The van der Waals surface area contributed by atoms with E-state index in [1.165, 1.54) is 43.8 Å². The summed E-state index contributed by atoms with van der Waals surface area (Å²) in [6, 6.07) is 49.8. The van der Waals surface area contributed by atoms with E-state index in [2.05, 4.69) is 162 Å². The van der Waals surface area contributed by atoms with Crippen molar-refractivity contribution in [2.75, 3.05) is 0 Å². The van der Waals surface area contributed by atoms with E-state index < -0.39 is 0 Å². The van der Waals surface area contributed by atoms with Gasteiger partial charge in [0.25, 0.3) is 0 Å². The first-order valence-corrected chi connectivity index (χ1v) is 15.5. The maximum Gasteiger partial charge on any atom is 0.0994 e. The highest BCUT2D eigenvalue weighted by Crippen LogP contribution is 2.46. The highest BCUT2D eigenvalue weighted by Gasteiger charge is 2.24. The van der Waals surface area contributed by atoms with Crippen molar-refractivity contribution >= 4 is 56.1 Å². The van der Waals surface area contributed by atoms with Gasteiger partial charge in [-0.05, 0) is 80.2 Å². The van der Waals surface area contributed by atoms with Crippen LogP contribution >= 0.6 is 0 Å². The third-order valence-corrected chi connectivity index (χ3v) is 8.69. The number of para-hydroxylation sites is 2. The zero-order valence-electron chi connectivity index (χ0n) is 25.7. The molecule has 6 aromatic carbocycles. The lowest BCUT2D eigenvalue weighted by Crippen LogP contribution is -2.31. The molecule has 45 heavy (non-hydrogen) atoms. The molecule has 0 unspecified atom stereocenters. The van der Waals surface area contributed by atoms with Gasteiger partial charge in [-0.2, -0.15) is 0 Å². The van der Waals surface area contributed by atoms with Gasteiger partial charge >= 0.3 is 0 Å². The van der Waals surface area contributed by atoms with Crippen LogP contribution in [0.3, 0.4) is 0 Å². The fraction of sp³-hybridized carbons (Fsp3) is 0.0256. The first kappa shape index (κ1) is 27.2. The van der Waals surface area contributed by atoms with Gasteiger partial charge in [0.15, 0.2) is 0 Å². The van der Waals surface area contributed by atoms with Crippen molar-refractivity contribution in [3.8, 4) is 39.2 Å². The van der Waals surface area contributed by atoms with Gasteiger partial charge in [-0.15, -0.1) is 0 Å². The molecule has 0 fully saturated rings. The van der Waals surface area contributed by atoms with Crippen LogP contribution in [0, 0.1) is 0 Å². The Balaban J connectivity index is 1.42. The van der Waals surface area contributed by atoms with E-state index >= 15 is 0 Å². The zero-order chi connectivity index (χ0) is 30.5. The van der Waals surface area contributed by atoms with Gasteiger partial charge in [0.05, 0.1) is 46.1 Å². The van der Waals surface area contributed by atoms with Crippen molar-refractivity contribution in [1.82, 2.24) is 14.5 Å². The highest BCUT2D eigenvalue weighted by molar-refractivity contribution is 6.58. The topological polar surface area (TPSA) is 30.7 Å². The second-order valence-corrected chi connectivity index (χ2v) is 12.7. The van der Waals surface area contributed by atoms with Gasteiger partial charge in [-0.3, -0.25) is 9.55 Å². The number of pyridine rings is 1. The summed E-state index contributed by atoms with van der Waals surface area (Å²) in [5, 5.41) is 4.78. The molecule has 0 atom stereocenters. The summed E-state index contributed by atoms with van der Waals surface area (Å²) < 4.78 is 2.33. The Hall–Kier alpha value is -5.35. The molecule has 2 aromatic heterocycles. The normalized spacial score (nSPS) is 11.8. The Morgan fingerprint density at radius 2 is 1.13 bits per heavy atom. The number of fused-ring (bicyclic) bond motifs is 3. The molecule has 0 aliphatic rings. The van der Waals surface area contributed by atoms with Crippen molar-refractivity contribution in [3.63, 3.8) is 0 Å². The number of hydrogen-bond acceptors (Lipinski definition) is 2. The van der Waals surface area contributed by atoms with Gasteiger partial charge in [-0.1, -0.05) is 108 Å². The molecular weight excluding hydrogens is 543 g/mol. The van der Waals surface area contributed by atoms with E-state index in [0.29, 0.717) is 0 Å². The SMILES string of the molecule is BC(B)(B)c1nc2ccccc2n1-c1cccc(-c2c3ccccc3c(-c3ccccc3-c3ccccn3)c3ccccc23)c1. The molecule has 8 rings (SSSR count). The maximum absolute atomic E-state index is 5.10.